The number of allylic oxidation sites excluding steroid dienone is 4. The lowest BCUT2D eigenvalue weighted by Gasteiger charge is -2.12. The van der Waals surface area contributed by atoms with Crippen LogP contribution in [0.4, 0.5) is 0 Å². The van der Waals surface area contributed by atoms with Crippen LogP contribution in [-0.2, 0) is 11.3 Å². The second kappa shape index (κ2) is 11.6. The summed E-state index contributed by atoms with van der Waals surface area (Å²) in [4.78, 5) is 42.7. The van der Waals surface area contributed by atoms with E-state index in [2.05, 4.69) is 29.5 Å². The number of hydrogen-bond acceptors (Lipinski definition) is 3. The Bertz CT molecular complexity index is 1470. The standard InChI is InChI=1S/C32H36N2O3/c1-5-7-8-9-14-28(33-22(4)35)32(37)24-16-18-30-27(20-24)26-19-23(15-17-29(26)34(30)6-2)31(36)25-13-11-10-12-21(25)3/h11,13,15-20H,5-10,12,14H2,1-4H3. The van der Waals surface area contributed by atoms with Gasteiger partial charge in [-0.2, -0.15) is 0 Å². The van der Waals surface area contributed by atoms with Crippen molar-refractivity contribution in [2.24, 2.45) is 4.99 Å². The number of rotatable bonds is 10. The van der Waals surface area contributed by atoms with Gasteiger partial charge in [0, 0.05) is 52.0 Å². The van der Waals surface area contributed by atoms with Crippen molar-refractivity contribution in [2.45, 2.75) is 79.2 Å². The second-order valence-corrected chi connectivity index (χ2v) is 9.89. The minimum Gasteiger partial charge on any atom is -0.341 e. The van der Waals surface area contributed by atoms with Crippen LogP contribution in [0, 0.1) is 0 Å². The Morgan fingerprint density at radius 3 is 2.22 bits per heavy atom. The molecule has 192 valence electrons. The average molecular weight is 497 g/mol. The fraction of sp³-hybridized carbons (Fsp3) is 0.375. The van der Waals surface area contributed by atoms with E-state index in [1.165, 1.54) is 6.92 Å². The largest absolute Gasteiger partial charge is 0.341 e. The number of aromatic nitrogens is 1. The van der Waals surface area contributed by atoms with Gasteiger partial charge in [-0.15, -0.1) is 0 Å². The summed E-state index contributed by atoms with van der Waals surface area (Å²) in [5.41, 5.74) is 5.42. The fourth-order valence-electron chi connectivity index (χ4n) is 5.23. The van der Waals surface area contributed by atoms with Gasteiger partial charge in [0.1, 0.15) is 0 Å². The topological polar surface area (TPSA) is 68.5 Å². The summed E-state index contributed by atoms with van der Waals surface area (Å²) in [5, 5.41) is 1.87. The molecule has 0 spiro atoms. The Balaban J connectivity index is 1.78. The van der Waals surface area contributed by atoms with Crippen molar-refractivity contribution in [2.75, 3.05) is 0 Å². The third-order valence-corrected chi connectivity index (χ3v) is 7.20. The van der Waals surface area contributed by atoms with E-state index in [1.54, 1.807) is 0 Å². The first-order chi connectivity index (χ1) is 17.8. The van der Waals surface area contributed by atoms with E-state index in [4.69, 9.17) is 0 Å². The number of ketones is 2. The molecule has 2 aromatic carbocycles. The highest BCUT2D eigenvalue weighted by molar-refractivity contribution is 6.47. The number of unbranched alkanes of at least 4 members (excludes halogenated alkanes) is 3. The molecule has 0 atom stereocenters. The van der Waals surface area contributed by atoms with Crippen LogP contribution < -0.4 is 0 Å². The van der Waals surface area contributed by atoms with Crippen LogP contribution in [0.3, 0.4) is 0 Å². The van der Waals surface area contributed by atoms with Crippen LogP contribution in [-0.4, -0.2) is 27.8 Å². The number of aliphatic imine (C=N–C) groups is 1. The minimum atomic E-state index is -0.355. The zero-order valence-corrected chi connectivity index (χ0v) is 22.4. The molecule has 5 heteroatoms. The van der Waals surface area contributed by atoms with Gasteiger partial charge in [-0.1, -0.05) is 43.9 Å². The van der Waals surface area contributed by atoms with Gasteiger partial charge in [-0.3, -0.25) is 14.4 Å². The molecular weight excluding hydrogens is 460 g/mol. The van der Waals surface area contributed by atoms with Crippen LogP contribution in [0.2, 0.25) is 0 Å². The van der Waals surface area contributed by atoms with E-state index in [9.17, 15) is 14.4 Å². The number of hydrogen-bond donors (Lipinski definition) is 0. The van der Waals surface area contributed by atoms with Crippen molar-refractivity contribution in [3.05, 3.63) is 70.8 Å². The maximum Gasteiger partial charge on any atom is 0.242 e. The first-order valence-electron chi connectivity index (χ1n) is 13.5. The molecule has 1 amide bonds. The van der Waals surface area contributed by atoms with Gasteiger partial charge in [0.15, 0.2) is 5.78 Å². The van der Waals surface area contributed by atoms with Crippen molar-refractivity contribution >= 4 is 45.0 Å². The number of fused-ring (bicyclic) bond motifs is 3. The molecule has 0 fully saturated rings. The molecular formula is C32H36N2O3. The molecule has 0 N–H and O–H groups in total. The summed E-state index contributed by atoms with van der Waals surface area (Å²) in [6.07, 6.45) is 10.4. The molecule has 4 rings (SSSR count). The van der Waals surface area contributed by atoms with E-state index in [-0.39, 0.29) is 17.5 Å². The molecule has 0 aliphatic heterocycles. The Morgan fingerprint density at radius 2 is 1.59 bits per heavy atom. The quantitative estimate of drug-likeness (QED) is 0.163. The first kappa shape index (κ1) is 26.5. The predicted molar refractivity (Wildman–Crippen MR) is 152 cm³/mol. The number of nitrogens with zero attached hydrogens (tertiary/aromatic N) is 2. The molecule has 5 nitrogen and oxygen atoms in total. The Morgan fingerprint density at radius 1 is 0.919 bits per heavy atom. The van der Waals surface area contributed by atoms with E-state index in [0.29, 0.717) is 23.3 Å². The lowest BCUT2D eigenvalue weighted by molar-refractivity contribution is -0.115. The van der Waals surface area contributed by atoms with E-state index in [0.717, 1.165) is 78.0 Å². The van der Waals surface area contributed by atoms with Crippen molar-refractivity contribution in [3.8, 4) is 0 Å². The third-order valence-electron chi connectivity index (χ3n) is 7.20. The smallest absolute Gasteiger partial charge is 0.242 e. The van der Waals surface area contributed by atoms with Gasteiger partial charge >= 0.3 is 0 Å². The number of carbonyl (C=O) groups is 3. The minimum absolute atomic E-state index is 0.0305. The van der Waals surface area contributed by atoms with Crippen LogP contribution in [0.1, 0.15) is 93.4 Å². The van der Waals surface area contributed by atoms with Crippen molar-refractivity contribution < 1.29 is 14.4 Å². The number of amides is 1. The summed E-state index contributed by atoms with van der Waals surface area (Å²) >= 11 is 0. The zero-order chi connectivity index (χ0) is 26.5. The van der Waals surface area contributed by atoms with Gasteiger partial charge in [-0.25, -0.2) is 4.99 Å². The SMILES string of the molecule is CCCCCCC(=NC(C)=O)C(=O)c1ccc2c(c1)c1cc(C(=O)C3=C(C)CCC=C3)ccc1n2CC. The van der Waals surface area contributed by atoms with E-state index < -0.39 is 0 Å². The predicted octanol–water partition coefficient (Wildman–Crippen LogP) is 7.80. The highest BCUT2D eigenvalue weighted by Crippen LogP contribution is 2.32. The lowest BCUT2D eigenvalue weighted by atomic mass is 9.92. The summed E-state index contributed by atoms with van der Waals surface area (Å²) in [6, 6.07) is 11.5. The maximum atomic E-state index is 13.5. The molecule has 0 radical (unpaired) electrons. The van der Waals surface area contributed by atoms with Crippen molar-refractivity contribution in [1.82, 2.24) is 4.57 Å². The third kappa shape index (κ3) is 5.56. The molecule has 1 aliphatic carbocycles. The van der Waals surface area contributed by atoms with Gasteiger partial charge in [0.2, 0.25) is 11.7 Å². The normalized spacial score (nSPS) is 14.1. The summed E-state index contributed by atoms with van der Waals surface area (Å²) in [5.74, 6) is -0.527. The lowest BCUT2D eigenvalue weighted by Crippen LogP contribution is -2.16. The fourth-order valence-corrected chi connectivity index (χ4v) is 5.23. The molecule has 37 heavy (non-hydrogen) atoms. The number of Topliss-reactive ketones (excluding diaryl/α,β-unsaturated/α-hetero) is 2. The molecule has 0 bridgehead atoms. The molecule has 0 saturated carbocycles. The van der Waals surface area contributed by atoms with Crippen LogP contribution in [0.15, 0.2) is 64.7 Å². The maximum absolute atomic E-state index is 13.5. The summed E-state index contributed by atoms with van der Waals surface area (Å²) in [6.45, 7) is 8.40. The second-order valence-electron chi connectivity index (χ2n) is 9.89. The average Bonchev–Trinajstić information content (AvgIpc) is 3.21. The Labute approximate surface area is 219 Å². The molecule has 1 heterocycles. The number of benzene rings is 2. The van der Waals surface area contributed by atoms with Crippen LogP contribution in [0.5, 0.6) is 0 Å². The first-order valence-corrected chi connectivity index (χ1v) is 13.5. The van der Waals surface area contributed by atoms with E-state index in [1.807, 2.05) is 49.4 Å². The van der Waals surface area contributed by atoms with Crippen LogP contribution >= 0.6 is 0 Å². The molecule has 3 aromatic rings. The number of aryl methyl sites for hydroxylation is 1. The molecule has 0 unspecified atom stereocenters. The van der Waals surface area contributed by atoms with Crippen molar-refractivity contribution in [1.29, 1.82) is 0 Å². The summed E-state index contributed by atoms with van der Waals surface area (Å²) in [7, 11) is 0. The monoisotopic (exact) mass is 496 g/mol. The van der Waals surface area contributed by atoms with Crippen LogP contribution in [0.25, 0.3) is 21.8 Å². The van der Waals surface area contributed by atoms with Crippen molar-refractivity contribution in [3.63, 3.8) is 0 Å². The highest BCUT2D eigenvalue weighted by Gasteiger charge is 2.20. The molecule has 0 saturated heterocycles. The van der Waals surface area contributed by atoms with Gasteiger partial charge in [-0.05, 0) is 75.9 Å². The van der Waals surface area contributed by atoms with Gasteiger partial charge < -0.3 is 4.57 Å². The zero-order valence-electron chi connectivity index (χ0n) is 22.4. The number of carbonyl (C=O) groups excluding carboxylic acids is 3. The molecule has 1 aliphatic rings. The van der Waals surface area contributed by atoms with Gasteiger partial charge in [0.05, 0.1) is 5.71 Å². The van der Waals surface area contributed by atoms with E-state index >= 15 is 0 Å². The summed E-state index contributed by atoms with van der Waals surface area (Å²) < 4.78 is 2.20. The highest BCUT2D eigenvalue weighted by atomic mass is 16.1. The Hall–Kier alpha value is -3.60. The van der Waals surface area contributed by atoms with Gasteiger partial charge in [0.25, 0.3) is 0 Å². The Kier molecular flexibility index (Phi) is 8.32. The molecule has 1 aromatic heterocycles.